The minimum atomic E-state index is -4.79. The fourth-order valence-corrected chi connectivity index (χ4v) is 5.32. The summed E-state index contributed by atoms with van der Waals surface area (Å²) in [5, 5.41) is 18.2. The Bertz CT molecular complexity index is 1930. The molecule has 1 N–H and O–H groups in total. The monoisotopic (exact) mass is 696 g/mol. The van der Waals surface area contributed by atoms with E-state index in [1.165, 1.54) is 29.1 Å². The summed E-state index contributed by atoms with van der Waals surface area (Å²) in [5.74, 6) is -2.33. The number of hydrogen-bond donors (Lipinski definition) is 1. The second kappa shape index (κ2) is 13.1. The molecule has 0 radical (unpaired) electrons. The Balaban J connectivity index is 1.47. The molecule has 3 aromatic heterocycles. The van der Waals surface area contributed by atoms with E-state index in [1.807, 2.05) is 0 Å². The second-order valence-corrected chi connectivity index (χ2v) is 11.3. The third kappa shape index (κ3) is 7.44. The fourth-order valence-electron chi connectivity index (χ4n) is 4.37. The Hall–Kier alpha value is -4.04. The molecule has 17 heteroatoms. The van der Waals surface area contributed by atoms with Crippen molar-refractivity contribution in [2.45, 2.75) is 32.6 Å². The van der Waals surface area contributed by atoms with Crippen molar-refractivity contribution in [1.82, 2.24) is 40.3 Å². The standard InChI is InChI=1S/C28H19Cl4F3N8O2/c1-14-7-17(30)8-20(26(45)37-12-15-4-5-16(29)9-22(15)32)19(14)11-24(44)23-10-18(13-42-40-27(38-41-42)28(33,34)35)39-43(23)25-21(31)3-2-6-36-25/h2-10H,11-13H2,1H3,(H,37,45). The molecule has 3 heterocycles. The van der Waals surface area contributed by atoms with Crippen LogP contribution >= 0.6 is 46.4 Å². The number of alkyl halides is 3. The maximum absolute atomic E-state index is 13.9. The highest BCUT2D eigenvalue weighted by molar-refractivity contribution is 6.35. The van der Waals surface area contributed by atoms with E-state index in [0.29, 0.717) is 31.5 Å². The van der Waals surface area contributed by atoms with Crippen molar-refractivity contribution in [3.63, 3.8) is 0 Å². The molecular weight excluding hydrogens is 679 g/mol. The highest BCUT2D eigenvalue weighted by Gasteiger charge is 2.37. The van der Waals surface area contributed by atoms with Crippen LogP contribution in [0.4, 0.5) is 13.2 Å². The van der Waals surface area contributed by atoms with E-state index in [9.17, 15) is 22.8 Å². The first-order valence-electron chi connectivity index (χ1n) is 12.9. The first-order valence-corrected chi connectivity index (χ1v) is 14.4. The lowest BCUT2D eigenvalue weighted by Crippen LogP contribution is -2.25. The molecule has 232 valence electrons. The molecule has 0 aliphatic heterocycles. The zero-order valence-corrected chi connectivity index (χ0v) is 25.9. The van der Waals surface area contributed by atoms with Crippen LogP contribution < -0.4 is 5.32 Å². The Morgan fingerprint density at radius 2 is 1.73 bits per heavy atom. The van der Waals surface area contributed by atoms with E-state index in [2.05, 4.69) is 30.8 Å². The highest BCUT2D eigenvalue weighted by atomic mass is 35.5. The van der Waals surface area contributed by atoms with Crippen LogP contribution in [0.15, 0.2) is 54.7 Å². The van der Waals surface area contributed by atoms with Crippen molar-refractivity contribution in [2.75, 3.05) is 0 Å². The molecule has 0 aliphatic carbocycles. The SMILES string of the molecule is Cc1cc(Cl)cc(C(=O)NCc2ccc(Cl)cc2Cl)c1CC(=O)c1cc(Cn2nnc(C(F)(F)F)n2)nn1-c1ncccc1Cl. The van der Waals surface area contributed by atoms with Crippen LogP contribution in [0.3, 0.4) is 0 Å². The average molecular weight is 698 g/mol. The van der Waals surface area contributed by atoms with Gasteiger partial charge >= 0.3 is 6.18 Å². The number of aryl methyl sites for hydroxylation is 1. The second-order valence-electron chi connectivity index (χ2n) is 9.65. The summed E-state index contributed by atoms with van der Waals surface area (Å²) in [4.78, 5) is 32.1. The molecule has 0 aliphatic rings. The van der Waals surface area contributed by atoms with Gasteiger partial charge in [0.1, 0.15) is 12.2 Å². The number of halogens is 7. The predicted octanol–water partition coefficient (Wildman–Crippen LogP) is 6.60. The summed E-state index contributed by atoms with van der Waals surface area (Å²) in [6.45, 7) is 1.43. The quantitative estimate of drug-likeness (QED) is 0.172. The lowest BCUT2D eigenvalue weighted by atomic mass is 9.95. The van der Waals surface area contributed by atoms with Crippen LogP contribution in [-0.4, -0.2) is 46.7 Å². The number of carbonyl (C=O) groups is 2. The number of amides is 1. The van der Waals surface area contributed by atoms with Crippen molar-refractivity contribution < 1.29 is 22.8 Å². The number of pyridine rings is 1. The topological polar surface area (TPSA) is 120 Å². The summed E-state index contributed by atoms with van der Waals surface area (Å²) in [5.41, 5.74) is 1.86. The fraction of sp³-hybridized carbons (Fsp3) is 0.179. The molecule has 0 spiro atoms. The Morgan fingerprint density at radius 3 is 2.42 bits per heavy atom. The van der Waals surface area contributed by atoms with Gasteiger partial charge in [-0.05, 0) is 71.3 Å². The summed E-state index contributed by atoms with van der Waals surface area (Å²) in [6.07, 6.45) is -3.63. The summed E-state index contributed by atoms with van der Waals surface area (Å²) in [7, 11) is 0. The van der Waals surface area contributed by atoms with Crippen molar-refractivity contribution in [1.29, 1.82) is 0 Å². The largest absolute Gasteiger partial charge is 0.455 e. The van der Waals surface area contributed by atoms with Crippen LogP contribution in [0.2, 0.25) is 20.1 Å². The predicted molar refractivity (Wildman–Crippen MR) is 160 cm³/mol. The normalized spacial score (nSPS) is 11.6. The van der Waals surface area contributed by atoms with E-state index in [4.69, 9.17) is 46.4 Å². The number of Topliss-reactive ketones (excluding diaryl/α,β-unsaturated/α-hetero) is 1. The van der Waals surface area contributed by atoms with Gasteiger partial charge in [0.25, 0.3) is 11.7 Å². The first kappa shape index (κ1) is 32.4. The lowest BCUT2D eigenvalue weighted by Gasteiger charge is -2.14. The maximum atomic E-state index is 13.9. The Labute approximate surface area is 273 Å². The average Bonchev–Trinajstić information content (AvgIpc) is 3.62. The number of carbonyl (C=O) groups excluding carboxylic acids is 2. The van der Waals surface area contributed by atoms with Gasteiger partial charge in [-0.1, -0.05) is 52.5 Å². The lowest BCUT2D eigenvalue weighted by molar-refractivity contribution is -0.145. The molecule has 5 rings (SSSR count). The highest BCUT2D eigenvalue weighted by Crippen LogP contribution is 2.27. The van der Waals surface area contributed by atoms with Crippen molar-refractivity contribution in [2.24, 2.45) is 0 Å². The summed E-state index contributed by atoms with van der Waals surface area (Å²) in [6, 6.07) is 12.4. The molecule has 0 saturated carbocycles. The van der Waals surface area contributed by atoms with Gasteiger partial charge < -0.3 is 5.32 Å². The van der Waals surface area contributed by atoms with Crippen LogP contribution in [0.1, 0.15) is 49.1 Å². The minimum Gasteiger partial charge on any atom is -0.348 e. The van der Waals surface area contributed by atoms with Crippen molar-refractivity contribution >= 4 is 58.1 Å². The molecule has 10 nitrogen and oxygen atoms in total. The third-order valence-corrected chi connectivity index (χ3v) is 7.57. The molecule has 1 amide bonds. The van der Waals surface area contributed by atoms with Crippen LogP contribution in [-0.2, 0) is 25.7 Å². The molecule has 0 atom stereocenters. The molecule has 0 fully saturated rings. The van der Waals surface area contributed by atoms with Gasteiger partial charge in [-0.2, -0.15) is 23.1 Å². The minimum absolute atomic E-state index is 0.00425. The van der Waals surface area contributed by atoms with Gasteiger partial charge in [-0.15, -0.1) is 10.2 Å². The molecule has 0 bridgehead atoms. The molecule has 0 unspecified atom stereocenters. The Kier molecular flexibility index (Phi) is 9.44. The number of tetrazole rings is 1. The molecular formula is C28H19Cl4F3N8O2. The van der Waals surface area contributed by atoms with Crippen LogP contribution in [0.25, 0.3) is 5.82 Å². The van der Waals surface area contributed by atoms with Crippen LogP contribution in [0, 0.1) is 6.92 Å². The van der Waals surface area contributed by atoms with Gasteiger partial charge in [0.2, 0.25) is 0 Å². The maximum Gasteiger partial charge on any atom is 0.455 e. The van der Waals surface area contributed by atoms with Gasteiger partial charge in [-0.3, -0.25) is 9.59 Å². The number of nitrogens with zero attached hydrogens (tertiary/aromatic N) is 7. The van der Waals surface area contributed by atoms with Crippen molar-refractivity contribution in [3.8, 4) is 5.82 Å². The molecule has 0 saturated heterocycles. The van der Waals surface area contributed by atoms with E-state index in [0.717, 1.165) is 0 Å². The van der Waals surface area contributed by atoms with Gasteiger partial charge in [0.05, 0.1) is 10.7 Å². The Morgan fingerprint density at radius 1 is 0.956 bits per heavy atom. The zero-order valence-electron chi connectivity index (χ0n) is 22.9. The van der Waals surface area contributed by atoms with Crippen LogP contribution in [0.5, 0.6) is 0 Å². The summed E-state index contributed by atoms with van der Waals surface area (Å²) >= 11 is 24.8. The zero-order chi connectivity index (χ0) is 32.5. The summed E-state index contributed by atoms with van der Waals surface area (Å²) < 4.78 is 40.1. The number of hydrogen-bond acceptors (Lipinski definition) is 7. The molecule has 2 aromatic carbocycles. The van der Waals surface area contributed by atoms with Crippen molar-refractivity contribution in [3.05, 3.63) is 114 Å². The van der Waals surface area contributed by atoms with E-state index >= 15 is 0 Å². The van der Waals surface area contributed by atoms with Gasteiger partial charge in [0, 0.05) is 39.8 Å². The van der Waals surface area contributed by atoms with Gasteiger partial charge in [-0.25, -0.2) is 9.67 Å². The molecule has 45 heavy (non-hydrogen) atoms. The molecule has 5 aromatic rings. The van der Waals surface area contributed by atoms with E-state index in [-0.39, 0.29) is 52.3 Å². The third-order valence-electron chi connectivity index (χ3n) is 6.47. The van der Waals surface area contributed by atoms with Gasteiger partial charge in [0.15, 0.2) is 11.6 Å². The number of benzene rings is 2. The van der Waals surface area contributed by atoms with E-state index in [1.54, 1.807) is 37.3 Å². The number of nitrogens with one attached hydrogen (secondary N) is 1. The van der Waals surface area contributed by atoms with E-state index < -0.39 is 23.7 Å². The number of rotatable bonds is 9. The first-order chi connectivity index (χ1) is 21.3. The number of ketones is 1. The smallest absolute Gasteiger partial charge is 0.348 e. The number of aromatic nitrogens is 7.